The van der Waals surface area contributed by atoms with Gasteiger partial charge in [0, 0.05) is 12.1 Å². The number of carboxylic acids is 1. The maximum absolute atomic E-state index is 12.1. The largest absolute Gasteiger partial charge is 0.491 e. The van der Waals surface area contributed by atoms with Crippen LogP contribution < -0.4 is 16.1 Å². The average Bonchev–Trinajstić information content (AvgIpc) is 2.87. The molecule has 8 nitrogen and oxygen atoms in total. The Morgan fingerprint density at radius 2 is 2.13 bits per heavy atom. The van der Waals surface area contributed by atoms with Crippen LogP contribution in [0.15, 0.2) is 18.2 Å². The standard InChI is InChI=1S/C14H17BN2O6/c1-8(13(20)16-5-4-12(18)19)17-14(21)9-2-3-10-7-23-15(22)11(10)6-9/h2-3,6,8,22H,4-5,7H2,1H3,(H,16,20)(H,17,21)(H,18,19). The summed E-state index contributed by atoms with van der Waals surface area (Å²) in [5, 5.41) is 23.1. The molecule has 0 bridgehead atoms. The van der Waals surface area contributed by atoms with Gasteiger partial charge in [0.05, 0.1) is 13.0 Å². The first-order chi connectivity index (χ1) is 10.9. The number of carbonyl (C=O) groups is 3. The Labute approximate surface area is 133 Å². The van der Waals surface area contributed by atoms with E-state index in [2.05, 4.69) is 10.6 Å². The van der Waals surface area contributed by atoms with Crippen molar-refractivity contribution in [3.8, 4) is 0 Å². The molecule has 1 aromatic rings. The van der Waals surface area contributed by atoms with E-state index in [1.807, 2.05) is 0 Å². The first-order valence-corrected chi connectivity index (χ1v) is 7.11. The van der Waals surface area contributed by atoms with Gasteiger partial charge >= 0.3 is 13.1 Å². The zero-order valence-corrected chi connectivity index (χ0v) is 12.5. The zero-order chi connectivity index (χ0) is 17.0. The number of carboxylic acid groups (broad SMARTS) is 1. The molecule has 0 aliphatic carbocycles. The van der Waals surface area contributed by atoms with Crippen LogP contribution in [0, 0.1) is 0 Å². The Bertz CT molecular complexity index is 636. The lowest BCUT2D eigenvalue weighted by molar-refractivity contribution is -0.137. The molecule has 0 saturated carbocycles. The second kappa shape index (κ2) is 7.25. The summed E-state index contributed by atoms with van der Waals surface area (Å²) in [6.45, 7) is 1.79. The molecule has 1 unspecified atom stereocenters. The monoisotopic (exact) mass is 320 g/mol. The van der Waals surface area contributed by atoms with Gasteiger partial charge in [-0.3, -0.25) is 14.4 Å². The smallest absolute Gasteiger partial charge is 0.481 e. The van der Waals surface area contributed by atoms with E-state index in [0.717, 1.165) is 5.56 Å². The summed E-state index contributed by atoms with van der Waals surface area (Å²) < 4.78 is 5.05. The molecule has 1 aromatic carbocycles. The lowest BCUT2D eigenvalue weighted by atomic mass is 9.79. The van der Waals surface area contributed by atoms with Crippen molar-refractivity contribution in [2.75, 3.05) is 6.54 Å². The van der Waals surface area contributed by atoms with Crippen LogP contribution in [-0.4, -0.2) is 47.6 Å². The van der Waals surface area contributed by atoms with Crippen molar-refractivity contribution in [1.29, 1.82) is 0 Å². The van der Waals surface area contributed by atoms with Gasteiger partial charge in [-0.15, -0.1) is 0 Å². The maximum Gasteiger partial charge on any atom is 0.491 e. The summed E-state index contributed by atoms with van der Waals surface area (Å²) in [4.78, 5) is 34.3. The molecule has 0 fully saturated rings. The van der Waals surface area contributed by atoms with Crippen LogP contribution >= 0.6 is 0 Å². The summed E-state index contributed by atoms with van der Waals surface area (Å²) >= 11 is 0. The molecule has 0 spiro atoms. The van der Waals surface area contributed by atoms with Crippen LogP contribution in [0.4, 0.5) is 0 Å². The molecule has 1 atom stereocenters. The molecule has 2 amide bonds. The third-order valence-electron chi connectivity index (χ3n) is 3.45. The van der Waals surface area contributed by atoms with Crippen LogP contribution in [0.1, 0.15) is 29.3 Å². The molecule has 0 saturated heterocycles. The summed E-state index contributed by atoms with van der Waals surface area (Å²) in [7, 11) is -1.05. The van der Waals surface area contributed by atoms with Crippen molar-refractivity contribution in [3.05, 3.63) is 29.3 Å². The summed E-state index contributed by atoms with van der Waals surface area (Å²) in [5.41, 5.74) is 1.66. The van der Waals surface area contributed by atoms with Crippen LogP contribution in [0.3, 0.4) is 0 Å². The van der Waals surface area contributed by atoms with Gasteiger partial charge in [-0.2, -0.15) is 0 Å². The van der Waals surface area contributed by atoms with E-state index in [1.165, 1.54) is 13.0 Å². The van der Waals surface area contributed by atoms with Crippen LogP contribution in [0.2, 0.25) is 0 Å². The van der Waals surface area contributed by atoms with E-state index in [-0.39, 0.29) is 13.0 Å². The average molecular weight is 320 g/mol. The molecule has 0 aromatic heterocycles. The molecule has 2 rings (SSSR count). The van der Waals surface area contributed by atoms with Gasteiger partial charge < -0.3 is 25.4 Å². The van der Waals surface area contributed by atoms with Gasteiger partial charge in [-0.05, 0) is 30.1 Å². The Kier molecular flexibility index (Phi) is 5.35. The summed E-state index contributed by atoms with van der Waals surface area (Å²) in [6.07, 6.45) is -0.185. The highest BCUT2D eigenvalue weighted by molar-refractivity contribution is 6.61. The fraction of sp³-hybridized carbons (Fsp3) is 0.357. The van der Waals surface area contributed by atoms with Gasteiger partial charge in [0.25, 0.3) is 5.91 Å². The van der Waals surface area contributed by atoms with Gasteiger partial charge in [-0.25, -0.2) is 0 Å². The lowest BCUT2D eigenvalue weighted by Gasteiger charge is -2.14. The van der Waals surface area contributed by atoms with E-state index < -0.39 is 30.9 Å². The highest BCUT2D eigenvalue weighted by Gasteiger charge is 2.28. The van der Waals surface area contributed by atoms with Crippen LogP contribution in [-0.2, 0) is 20.9 Å². The van der Waals surface area contributed by atoms with Crippen molar-refractivity contribution >= 4 is 30.4 Å². The quantitative estimate of drug-likeness (QED) is 0.479. The van der Waals surface area contributed by atoms with Crippen molar-refractivity contribution in [2.45, 2.75) is 26.0 Å². The Balaban J connectivity index is 1.92. The second-order valence-electron chi connectivity index (χ2n) is 5.21. The topological polar surface area (TPSA) is 125 Å². The molecule has 1 aliphatic heterocycles. The SMILES string of the molecule is CC(NC(=O)c1ccc2c(c1)B(O)OC2)C(=O)NCCC(=O)O. The van der Waals surface area contributed by atoms with Crippen LogP contribution in [0.25, 0.3) is 0 Å². The van der Waals surface area contributed by atoms with E-state index in [4.69, 9.17) is 9.76 Å². The molecule has 9 heteroatoms. The van der Waals surface area contributed by atoms with Gasteiger partial charge in [0.15, 0.2) is 0 Å². The van der Waals surface area contributed by atoms with Crippen molar-refractivity contribution < 1.29 is 29.2 Å². The highest BCUT2D eigenvalue weighted by atomic mass is 16.5. The van der Waals surface area contributed by atoms with Crippen molar-refractivity contribution in [3.63, 3.8) is 0 Å². The maximum atomic E-state index is 12.1. The first kappa shape index (κ1) is 17.0. The fourth-order valence-corrected chi connectivity index (χ4v) is 2.15. The fourth-order valence-electron chi connectivity index (χ4n) is 2.15. The lowest BCUT2D eigenvalue weighted by Crippen LogP contribution is -2.45. The molecule has 0 radical (unpaired) electrons. The molecular formula is C14H17BN2O6. The predicted octanol–water partition coefficient (Wildman–Crippen LogP) is -1.39. The number of carbonyl (C=O) groups excluding carboxylic acids is 2. The number of hydrogen-bond donors (Lipinski definition) is 4. The summed E-state index contributed by atoms with van der Waals surface area (Å²) in [6, 6.07) is 3.99. The number of aliphatic carboxylic acids is 1. The third-order valence-corrected chi connectivity index (χ3v) is 3.45. The number of amides is 2. The van der Waals surface area contributed by atoms with E-state index >= 15 is 0 Å². The molecule has 122 valence electrons. The van der Waals surface area contributed by atoms with E-state index in [0.29, 0.717) is 17.6 Å². The minimum Gasteiger partial charge on any atom is -0.481 e. The van der Waals surface area contributed by atoms with E-state index in [1.54, 1.807) is 12.1 Å². The second-order valence-corrected chi connectivity index (χ2v) is 5.21. The van der Waals surface area contributed by atoms with Crippen molar-refractivity contribution in [2.24, 2.45) is 0 Å². The van der Waals surface area contributed by atoms with Gasteiger partial charge in [0.2, 0.25) is 5.91 Å². The number of fused-ring (bicyclic) bond motifs is 1. The molecule has 4 N–H and O–H groups in total. The molecule has 23 heavy (non-hydrogen) atoms. The third kappa shape index (κ3) is 4.30. The van der Waals surface area contributed by atoms with E-state index in [9.17, 15) is 19.4 Å². The normalized spacial score (nSPS) is 14.1. The summed E-state index contributed by atoms with van der Waals surface area (Å²) in [5.74, 6) is -1.95. The Hall–Kier alpha value is -2.39. The van der Waals surface area contributed by atoms with Gasteiger partial charge in [-0.1, -0.05) is 6.07 Å². The Morgan fingerprint density at radius 1 is 1.39 bits per heavy atom. The minimum absolute atomic E-state index is 0.00322. The highest BCUT2D eigenvalue weighted by Crippen LogP contribution is 2.11. The molecule has 1 aliphatic rings. The number of rotatable bonds is 6. The number of nitrogens with one attached hydrogen (secondary N) is 2. The molecule has 1 heterocycles. The zero-order valence-electron chi connectivity index (χ0n) is 12.5. The predicted molar refractivity (Wildman–Crippen MR) is 81.0 cm³/mol. The first-order valence-electron chi connectivity index (χ1n) is 7.11. The Morgan fingerprint density at radius 3 is 2.83 bits per heavy atom. The van der Waals surface area contributed by atoms with Gasteiger partial charge in [0.1, 0.15) is 6.04 Å². The minimum atomic E-state index is -1.05. The van der Waals surface area contributed by atoms with Crippen molar-refractivity contribution in [1.82, 2.24) is 10.6 Å². The van der Waals surface area contributed by atoms with Crippen LogP contribution in [0.5, 0.6) is 0 Å². The number of benzene rings is 1. The molecular weight excluding hydrogens is 303 g/mol. The number of hydrogen-bond acceptors (Lipinski definition) is 5.